The highest BCUT2D eigenvalue weighted by Crippen LogP contribution is 2.29. The zero-order valence-electron chi connectivity index (χ0n) is 10.5. The highest BCUT2D eigenvalue weighted by atomic mass is 16.5. The van der Waals surface area contributed by atoms with Gasteiger partial charge in [-0.3, -0.25) is 0 Å². The molecule has 0 bridgehead atoms. The highest BCUT2D eigenvalue weighted by molar-refractivity contribution is 4.76. The molecule has 1 unspecified atom stereocenters. The zero-order valence-corrected chi connectivity index (χ0v) is 10.5. The van der Waals surface area contributed by atoms with Gasteiger partial charge in [0.25, 0.3) is 0 Å². The van der Waals surface area contributed by atoms with Crippen LogP contribution in [0.5, 0.6) is 0 Å². The molecule has 0 amide bonds. The van der Waals surface area contributed by atoms with Crippen LogP contribution in [0.2, 0.25) is 0 Å². The molecule has 0 aromatic rings. The number of methoxy groups -OCH3 is 1. The van der Waals surface area contributed by atoms with E-state index in [2.05, 4.69) is 26.1 Å². The van der Waals surface area contributed by atoms with Crippen LogP contribution in [0.3, 0.4) is 0 Å². The van der Waals surface area contributed by atoms with Crippen molar-refractivity contribution in [1.82, 2.24) is 5.32 Å². The van der Waals surface area contributed by atoms with Crippen molar-refractivity contribution in [3.8, 4) is 0 Å². The van der Waals surface area contributed by atoms with Crippen LogP contribution in [0.4, 0.5) is 0 Å². The minimum atomic E-state index is 0.148. The maximum absolute atomic E-state index is 5.81. The molecule has 1 rings (SSSR count). The Morgan fingerprint density at radius 1 is 1.33 bits per heavy atom. The molecule has 1 aliphatic carbocycles. The summed E-state index contributed by atoms with van der Waals surface area (Å²) in [6, 6.07) is 0. The summed E-state index contributed by atoms with van der Waals surface area (Å²) in [6.45, 7) is 8.94. The summed E-state index contributed by atoms with van der Waals surface area (Å²) in [5, 5.41) is 3.45. The summed E-state index contributed by atoms with van der Waals surface area (Å²) < 4.78 is 11.0. The van der Waals surface area contributed by atoms with E-state index in [-0.39, 0.29) is 11.6 Å². The van der Waals surface area contributed by atoms with E-state index < -0.39 is 0 Å². The van der Waals surface area contributed by atoms with Gasteiger partial charge in [-0.15, -0.1) is 0 Å². The Hall–Kier alpha value is -0.120. The first-order chi connectivity index (χ1) is 7.01. The normalized spacial score (nSPS) is 19.2. The Morgan fingerprint density at radius 2 is 2.00 bits per heavy atom. The molecular weight excluding hydrogens is 190 g/mol. The third kappa shape index (κ3) is 6.88. The van der Waals surface area contributed by atoms with E-state index in [1.54, 1.807) is 7.11 Å². The Labute approximate surface area is 93.5 Å². The van der Waals surface area contributed by atoms with Crippen molar-refractivity contribution in [3.63, 3.8) is 0 Å². The van der Waals surface area contributed by atoms with Crippen molar-refractivity contribution in [2.24, 2.45) is 5.92 Å². The first-order valence-corrected chi connectivity index (χ1v) is 5.87. The van der Waals surface area contributed by atoms with Crippen LogP contribution < -0.4 is 5.32 Å². The second-order valence-corrected chi connectivity index (χ2v) is 5.48. The molecule has 1 aliphatic rings. The molecule has 15 heavy (non-hydrogen) atoms. The predicted octanol–water partition coefficient (Wildman–Crippen LogP) is 1.82. The molecule has 0 saturated heterocycles. The van der Waals surface area contributed by atoms with Crippen LogP contribution in [-0.4, -0.2) is 38.5 Å². The van der Waals surface area contributed by atoms with Gasteiger partial charge in [-0.25, -0.2) is 0 Å². The molecule has 0 heterocycles. The SMILES string of the molecule is COCC(CNC(C)(C)C)OCC1CC1. The number of hydrogen-bond donors (Lipinski definition) is 1. The fraction of sp³-hybridized carbons (Fsp3) is 1.00. The Bertz CT molecular complexity index is 173. The molecule has 1 atom stereocenters. The molecule has 0 aromatic carbocycles. The van der Waals surface area contributed by atoms with Gasteiger partial charge in [-0.1, -0.05) is 0 Å². The first kappa shape index (κ1) is 12.9. The van der Waals surface area contributed by atoms with Gasteiger partial charge in [-0.2, -0.15) is 0 Å². The third-order valence-electron chi connectivity index (χ3n) is 2.48. The molecule has 3 nitrogen and oxygen atoms in total. The monoisotopic (exact) mass is 215 g/mol. The summed E-state index contributed by atoms with van der Waals surface area (Å²) in [5.41, 5.74) is 0.148. The van der Waals surface area contributed by atoms with Gasteiger partial charge in [-0.05, 0) is 39.5 Å². The minimum Gasteiger partial charge on any atom is -0.382 e. The maximum atomic E-state index is 5.81. The molecule has 1 fully saturated rings. The number of rotatable bonds is 7. The van der Waals surface area contributed by atoms with Gasteiger partial charge >= 0.3 is 0 Å². The quantitative estimate of drug-likeness (QED) is 0.702. The maximum Gasteiger partial charge on any atom is 0.0932 e. The molecular formula is C12H25NO2. The second kappa shape index (κ2) is 5.83. The molecule has 1 saturated carbocycles. The van der Waals surface area contributed by atoms with E-state index in [9.17, 15) is 0 Å². The van der Waals surface area contributed by atoms with Gasteiger partial charge in [0.05, 0.1) is 12.7 Å². The Kier molecular flexibility index (Phi) is 5.03. The molecule has 1 N–H and O–H groups in total. The second-order valence-electron chi connectivity index (χ2n) is 5.48. The molecule has 0 aromatic heterocycles. The van der Waals surface area contributed by atoms with E-state index in [0.29, 0.717) is 6.61 Å². The average molecular weight is 215 g/mol. The zero-order chi connectivity index (χ0) is 11.3. The first-order valence-electron chi connectivity index (χ1n) is 5.87. The van der Waals surface area contributed by atoms with Crippen molar-refractivity contribution in [2.75, 3.05) is 26.9 Å². The lowest BCUT2D eigenvalue weighted by molar-refractivity contribution is -0.00823. The van der Waals surface area contributed by atoms with Gasteiger partial charge in [0.1, 0.15) is 0 Å². The molecule has 0 radical (unpaired) electrons. The molecule has 0 spiro atoms. The van der Waals surface area contributed by atoms with E-state index in [1.165, 1.54) is 12.8 Å². The van der Waals surface area contributed by atoms with E-state index >= 15 is 0 Å². The lowest BCUT2D eigenvalue weighted by Gasteiger charge is -2.25. The van der Waals surface area contributed by atoms with E-state index in [0.717, 1.165) is 19.1 Å². The number of hydrogen-bond acceptors (Lipinski definition) is 3. The van der Waals surface area contributed by atoms with Crippen LogP contribution in [0.15, 0.2) is 0 Å². The summed E-state index contributed by atoms with van der Waals surface area (Å²) in [4.78, 5) is 0. The highest BCUT2D eigenvalue weighted by Gasteiger charge is 2.23. The molecule has 3 heteroatoms. The van der Waals surface area contributed by atoms with E-state index in [4.69, 9.17) is 9.47 Å². The van der Waals surface area contributed by atoms with Crippen LogP contribution in [0.25, 0.3) is 0 Å². The predicted molar refractivity (Wildman–Crippen MR) is 62.1 cm³/mol. The topological polar surface area (TPSA) is 30.5 Å². The Morgan fingerprint density at radius 3 is 2.47 bits per heavy atom. The summed E-state index contributed by atoms with van der Waals surface area (Å²) >= 11 is 0. The third-order valence-corrected chi connectivity index (χ3v) is 2.48. The summed E-state index contributed by atoms with van der Waals surface area (Å²) in [6.07, 6.45) is 2.87. The van der Waals surface area contributed by atoms with Crippen molar-refractivity contribution in [2.45, 2.75) is 45.3 Å². The van der Waals surface area contributed by atoms with Crippen LogP contribution in [-0.2, 0) is 9.47 Å². The standard InChI is InChI=1S/C12H25NO2/c1-12(2,3)13-7-11(9-14-4)15-8-10-5-6-10/h10-11,13H,5-9H2,1-4H3. The summed E-state index contributed by atoms with van der Waals surface area (Å²) in [5.74, 6) is 0.819. The van der Waals surface area contributed by atoms with Gasteiger partial charge < -0.3 is 14.8 Å². The van der Waals surface area contributed by atoms with Crippen molar-refractivity contribution in [3.05, 3.63) is 0 Å². The van der Waals surface area contributed by atoms with Gasteiger partial charge in [0.2, 0.25) is 0 Å². The van der Waals surface area contributed by atoms with Crippen molar-refractivity contribution < 1.29 is 9.47 Å². The van der Waals surface area contributed by atoms with Gasteiger partial charge in [0, 0.05) is 25.8 Å². The number of nitrogens with one attached hydrogen (secondary N) is 1. The Balaban J connectivity index is 2.16. The van der Waals surface area contributed by atoms with Gasteiger partial charge in [0.15, 0.2) is 0 Å². The van der Waals surface area contributed by atoms with Crippen LogP contribution in [0.1, 0.15) is 33.6 Å². The number of ether oxygens (including phenoxy) is 2. The average Bonchev–Trinajstić information content (AvgIpc) is 2.92. The van der Waals surface area contributed by atoms with E-state index in [1.807, 2.05) is 0 Å². The summed E-state index contributed by atoms with van der Waals surface area (Å²) in [7, 11) is 1.73. The molecule has 90 valence electrons. The smallest absolute Gasteiger partial charge is 0.0932 e. The molecule has 0 aliphatic heterocycles. The van der Waals surface area contributed by atoms with Crippen LogP contribution in [0, 0.1) is 5.92 Å². The minimum absolute atomic E-state index is 0.148. The van der Waals surface area contributed by atoms with Crippen LogP contribution >= 0.6 is 0 Å². The lowest BCUT2D eigenvalue weighted by atomic mass is 10.1. The largest absolute Gasteiger partial charge is 0.382 e. The van der Waals surface area contributed by atoms with Crippen molar-refractivity contribution >= 4 is 0 Å². The van der Waals surface area contributed by atoms with Crippen molar-refractivity contribution in [1.29, 1.82) is 0 Å². The fourth-order valence-electron chi connectivity index (χ4n) is 1.33. The lowest BCUT2D eigenvalue weighted by Crippen LogP contribution is -2.43. The fourth-order valence-corrected chi connectivity index (χ4v) is 1.33.